The maximum Gasteiger partial charge on any atom is 0.401 e. The number of aliphatic hydroxyl groups is 1. The first kappa shape index (κ1) is 28.7. The van der Waals surface area contributed by atoms with Gasteiger partial charge in [-0.25, -0.2) is 0 Å². The van der Waals surface area contributed by atoms with Gasteiger partial charge in [-0.3, -0.25) is 9.89 Å². The molecule has 3 N–H and O–H groups in total. The van der Waals surface area contributed by atoms with Crippen LogP contribution in [0.15, 0.2) is 4.99 Å². The Morgan fingerprint density at radius 3 is 2.21 bits per heavy atom. The molecule has 29 heavy (non-hydrogen) atoms. The van der Waals surface area contributed by atoms with Crippen LogP contribution < -0.4 is 10.6 Å². The molecule has 0 radical (unpaired) electrons. The molecule has 0 saturated carbocycles. The number of piperidine rings is 1. The predicted octanol–water partition coefficient (Wildman–Crippen LogP) is 4.01. The number of nitrogens with one attached hydrogen (secondary N) is 2. The van der Waals surface area contributed by atoms with Gasteiger partial charge in [0.05, 0.1) is 6.54 Å². The van der Waals surface area contributed by atoms with E-state index in [1.807, 2.05) is 6.92 Å². The molecule has 9 heteroatoms. The predicted molar refractivity (Wildman–Crippen MR) is 124 cm³/mol. The molecule has 0 unspecified atom stereocenters. The molecule has 0 amide bonds. The number of hydrogen-bond acceptors (Lipinski definition) is 3. The first-order valence-corrected chi connectivity index (χ1v) is 10.7. The zero-order valence-corrected chi connectivity index (χ0v) is 20.5. The van der Waals surface area contributed by atoms with E-state index in [0.29, 0.717) is 25.6 Å². The summed E-state index contributed by atoms with van der Waals surface area (Å²) in [7, 11) is 0. The van der Waals surface area contributed by atoms with Gasteiger partial charge >= 0.3 is 6.18 Å². The van der Waals surface area contributed by atoms with Gasteiger partial charge in [0.15, 0.2) is 5.96 Å². The maximum absolute atomic E-state index is 12.5. The van der Waals surface area contributed by atoms with Crippen molar-refractivity contribution in [3.8, 4) is 0 Å². The number of rotatable bonds is 11. The Balaban J connectivity index is 0.00000784. The van der Waals surface area contributed by atoms with Crippen LogP contribution in [0, 0.1) is 11.3 Å². The number of halogens is 4. The van der Waals surface area contributed by atoms with Crippen molar-refractivity contribution in [3.05, 3.63) is 0 Å². The minimum atomic E-state index is -4.10. The molecule has 0 atom stereocenters. The van der Waals surface area contributed by atoms with Crippen molar-refractivity contribution in [3.63, 3.8) is 0 Å². The summed E-state index contributed by atoms with van der Waals surface area (Å²) >= 11 is 0. The van der Waals surface area contributed by atoms with Crippen LogP contribution >= 0.6 is 24.0 Å². The Kier molecular flexibility index (Phi) is 14.5. The van der Waals surface area contributed by atoms with E-state index < -0.39 is 12.7 Å². The average Bonchev–Trinajstić information content (AvgIpc) is 2.65. The molecule has 1 aliphatic heterocycles. The zero-order valence-electron chi connectivity index (χ0n) is 18.2. The molecule has 174 valence electrons. The highest BCUT2D eigenvalue weighted by molar-refractivity contribution is 14.0. The SMILES string of the molecule is CCNC(=NCC(CC)(CC)CCO)NCCC1CCN(CC(F)(F)F)CC1.I. The van der Waals surface area contributed by atoms with Crippen LogP contribution in [0.4, 0.5) is 13.2 Å². The molecule has 1 aliphatic rings. The van der Waals surface area contributed by atoms with Gasteiger partial charge in [0.1, 0.15) is 0 Å². The lowest BCUT2D eigenvalue weighted by Crippen LogP contribution is -2.42. The first-order chi connectivity index (χ1) is 13.3. The molecular formula is C20H40F3IN4O. The van der Waals surface area contributed by atoms with Crippen molar-refractivity contribution in [2.24, 2.45) is 16.3 Å². The Hall–Kier alpha value is -0.290. The van der Waals surface area contributed by atoms with E-state index in [9.17, 15) is 18.3 Å². The van der Waals surface area contributed by atoms with Gasteiger partial charge < -0.3 is 15.7 Å². The quantitative estimate of drug-likeness (QED) is 0.212. The Morgan fingerprint density at radius 2 is 1.72 bits per heavy atom. The van der Waals surface area contributed by atoms with E-state index in [4.69, 9.17) is 4.99 Å². The number of aliphatic hydroxyl groups excluding tert-OH is 1. The highest BCUT2D eigenvalue weighted by Gasteiger charge is 2.32. The fourth-order valence-electron chi connectivity index (χ4n) is 3.81. The zero-order chi connectivity index (χ0) is 21.0. The summed E-state index contributed by atoms with van der Waals surface area (Å²) in [4.78, 5) is 6.24. The Bertz CT molecular complexity index is 451. The molecular weight excluding hydrogens is 496 g/mol. The number of hydrogen-bond donors (Lipinski definition) is 3. The van der Waals surface area contributed by atoms with Crippen LogP contribution in [0.5, 0.6) is 0 Å². The lowest BCUT2D eigenvalue weighted by atomic mass is 9.79. The van der Waals surface area contributed by atoms with Gasteiger partial charge in [-0.05, 0) is 69.9 Å². The molecule has 5 nitrogen and oxygen atoms in total. The van der Waals surface area contributed by atoms with Gasteiger partial charge in [0.25, 0.3) is 0 Å². The molecule has 0 aromatic heterocycles. The second-order valence-corrected chi connectivity index (χ2v) is 7.93. The summed E-state index contributed by atoms with van der Waals surface area (Å²) in [5, 5.41) is 16.0. The molecule has 0 aromatic rings. The molecule has 1 saturated heterocycles. The number of aliphatic imine (C=N–C) groups is 1. The van der Waals surface area contributed by atoms with E-state index >= 15 is 0 Å². The van der Waals surface area contributed by atoms with Crippen molar-refractivity contribution < 1.29 is 18.3 Å². The summed E-state index contributed by atoms with van der Waals surface area (Å²) in [5.41, 5.74) is 0.0302. The summed E-state index contributed by atoms with van der Waals surface area (Å²) in [6.45, 7) is 8.94. The number of alkyl halides is 3. The molecule has 1 rings (SSSR count). The van der Waals surface area contributed by atoms with Gasteiger partial charge in [-0.15, -0.1) is 24.0 Å². The lowest BCUT2D eigenvalue weighted by Gasteiger charge is -2.32. The molecule has 0 spiro atoms. The van der Waals surface area contributed by atoms with Crippen molar-refractivity contribution in [1.82, 2.24) is 15.5 Å². The summed E-state index contributed by atoms with van der Waals surface area (Å²) < 4.78 is 37.4. The van der Waals surface area contributed by atoms with E-state index in [2.05, 4.69) is 24.5 Å². The summed E-state index contributed by atoms with van der Waals surface area (Å²) in [6, 6.07) is 0. The van der Waals surface area contributed by atoms with Crippen LogP contribution in [-0.2, 0) is 0 Å². The van der Waals surface area contributed by atoms with Crippen LogP contribution in [0.25, 0.3) is 0 Å². The molecule has 1 heterocycles. The molecule has 0 aliphatic carbocycles. The number of nitrogens with zero attached hydrogens (tertiary/aromatic N) is 2. The Labute approximate surface area is 191 Å². The van der Waals surface area contributed by atoms with Crippen LogP contribution in [0.2, 0.25) is 0 Å². The number of likely N-dealkylation sites (tertiary alicyclic amines) is 1. The second kappa shape index (κ2) is 14.7. The van der Waals surface area contributed by atoms with Crippen molar-refractivity contribution in [2.45, 2.75) is 65.5 Å². The van der Waals surface area contributed by atoms with Gasteiger partial charge in [0.2, 0.25) is 0 Å². The van der Waals surface area contributed by atoms with Gasteiger partial charge in [0, 0.05) is 26.2 Å². The Morgan fingerprint density at radius 1 is 1.10 bits per heavy atom. The second-order valence-electron chi connectivity index (χ2n) is 7.93. The van der Waals surface area contributed by atoms with Crippen LogP contribution in [0.3, 0.4) is 0 Å². The largest absolute Gasteiger partial charge is 0.401 e. The normalized spacial score (nSPS) is 17.1. The van der Waals surface area contributed by atoms with Crippen LogP contribution in [-0.4, -0.2) is 68.0 Å². The first-order valence-electron chi connectivity index (χ1n) is 10.7. The van der Waals surface area contributed by atoms with Gasteiger partial charge in [-0.2, -0.15) is 13.2 Å². The van der Waals surface area contributed by atoms with Crippen molar-refractivity contribution in [2.75, 3.05) is 45.9 Å². The molecule has 1 fully saturated rings. The third-order valence-corrected chi connectivity index (χ3v) is 6.01. The van der Waals surface area contributed by atoms with E-state index in [1.54, 1.807) is 0 Å². The minimum absolute atomic E-state index is 0. The standard InChI is InChI=1S/C20H39F3N4O.HI/c1-4-19(5-2,10-14-28)15-26-18(24-6-3)25-11-7-17-8-12-27(13-9-17)16-20(21,22)23;/h17,28H,4-16H2,1-3H3,(H2,24,25,26);1H. The highest BCUT2D eigenvalue weighted by atomic mass is 127. The van der Waals surface area contributed by atoms with Crippen molar-refractivity contribution >= 4 is 29.9 Å². The fraction of sp³-hybridized carbons (Fsp3) is 0.950. The maximum atomic E-state index is 12.5. The van der Waals surface area contributed by atoms with E-state index in [-0.39, 0.29) is 36.0 Å². The third kappa shape index (κ3) is 11.6. The smallest absolute Gasteiger partial charge is 0.396 e. The van der Waals surface area contributed by atoms with E-state index in [0.717, 1.165) is 57.6 Å². The molecule has 0 aromatic carbocycles. The lowest BCUT2D eigenvalue weighted by molar-refractivity contribution is -0.148. The van der Waals surface area contributed by atoms with Crippen LogP contribution in [0.1, 0.15) is 59.3 Å². The fourth-order valence-corrected chi connectivity index (χ4v) is 3.81. The van der Waals surface area contributed by atoms with Crippen molar-refractivity contribution in [1.29, 1.82) is 0 Å². The number of guanidine groups is 1. The average molecular weight is 536 g/mol. The third-order valence-electron chi connectivity index (χ3n) is 6.01. The molecule has 0 bridgehead atoms. The minimum Gasteiger partial charge on any atom is -0.396 e. The highest BCUT2D eigenvalue weighted by Crippen LogP contribution is 2.30. The van der Waals surface area contributed by atoms with Gasteiger partial charge in [-0.1, -0.05) is 13.8 Å². The monoisotopic (exact) mass is 536 g/mol. The topological polar surface area (TPSA) is 59.9 Å². The summed E-state index contributed by atoms with van der Waals surface area (Å²) in [5.74, 6) is 1.24. The van der Waals surface area contributed by atoms with E-state index in [1.165, 1.54) is 4.90 Å². The summed E-state index contributed by atoms with van der Waals surface area (Å²) in [6.07, 6.45) is 1.17.